The van der Waals surface area contributed by atoms with Gasteiger partial charge in [-0.15, -0.1) is 0 Å². The van der Waals surface area contributed by atoms with Crippen LogP contribution in [0, 0.1) is 11.3 Å². The van der Waals surface area contributed by atoms with E-state index in [0.29, 0.717) is 31.2 Å². The highest BCUT2D eigenvalue weighted by atomic mass is 16.5. The smallest absolute Gasteiger partial charge is 0.234 e. The van der Waals surface area contributed by atoms with Gasteiger partial charge in [-0.3, -0.25) is 14.6 Å². The topological polar surface area (TPSA) is 77.8 Å². The number of hydrogen-bond donors (Lipinski definition) is 1. The van der Waals surface area contributed by atoms with Crippen molar-refractivity contribution in [2.24, 2.45) is 0 Å². The maximum absolute atomic E-state index is 12.5. The summed E-state index contributed by atoms with van der Waals surface area (Å²) in [5, 5.41) is 12.0. The van der Waals surface area contributed by atoms with Crippen LogP contribution in [0.15, 0.2) is 54.6 Å². The Morgan fingerprint density at radius 2 is 1.76 bits per heavy atom. The first-order valence-electron chi connectivity index (χ1n) is 12.1. The molecule has 4 rings (SSSR count). The highest BCUT2D eigenvalue weighted by molar-refractivity contribution is 5.78. The molecule has 3 unspecified atom stereocenters. The second-order valence-corrected chi connectivity index (χ2v) is 9.29. The molecule has 2 heterocycles. The van der Waals surface area contributed by atoms with Gasteiger partial charge in [0.1, 0.15) is 5.75 Å². The van der Waals surface area contributed by atoms with E-state index in [0.717, 1.165) is 44.9 Å². The van der Waals surface area contributed by atoms with Gasteiger partial charge in [0.25, 0.3) is 0 Å². The number of ether oxygens (including phenoxy) is 2. The minimum absolute atomic E-state index is 0.0829. The number of amides is 1. The Balaban J connectivity index is 1.13. The third-order valence-electron chi connectivity index (χ3n) is 6.44. The van der Waals surface area contributed by atoms with E-state index < -0.39 is 0 Å². The SMILES string of the molecule is CC(CNC(=O)CN1CC2CN(CCCOc3ccc(C#N)cc3)CC(C1)O2)c1ccccc1. The molecule has 2 aliphatic rings. The van der Waals surface area contributed by atoms with Crippen molar-refractivity contribution >= 4 is 5.91 Å². The molecule has 2 fully saturated rings. The maximum Gasteiger partial charge on any atom is 0.234 e. The summed E-state index contributed by atoms with van der Waals surface area (Å²) >= 11 is 0. The van der Waals surface area contributed by atoms with Gasteiger partial charge in [0.15, 0.2) is 0 Å². The number of benzene rings is 2. The lowest BCUT2D eigenvalue weighted by molar-refractivity contribution is -0.145. The Morgan fingerprint density at radius 3 is 2.44 bits per heavy atom. The Labute approximate surface area is 202 Å². The molecule has 0 aromatic heterocycles. The number of nitriles is 1. The zero-order valence-corrected chi connectivity index (χ0v) is 19.9. The molecule has 1 N–H and O–H groups in total. The molecule has 0 saturated carbocycles. The van der Waals surface area contributed by atoms with Gasteiger partial charge in [0.05, 0.1) is 37.0 Å². The summed E-state index contributed by atoms with van der Waals surface area (Å²) in [7, 11) is 0. The maximum atomic E-state index is 12.5. The molecular weight excluding hydrogens is 428 g/mol. The number of carbonyl (C=O) groups is 1. The summed E-state index contributed by atoms with van der Waals surface area (Å²) in [6, 6.07) is 19.6. The molecule has 1 amide bonds. The number of nitrogens with zero attached hydrogens (tertiary/aromatic N) is 3. The van der Waals surface area contributed by atoms with Gasteiger partial charge in [-0.2, -0.15) is 5.26 Å². The lowest BCUT2D eigenvalue weighted by Crippen LogP contribution is -2.60. The van der Waals surface area contributed by atoms with Gasteiger partial charge in [-0.05, 0) is 42.2 Å². The Hall–Kier alpha value is -2.92. The fourth-order valence-electron chi connectivity index (χ4n) is 4.70. The zero-order valence-electron chi connectivity index (χ0n) is 19.9. The number of rotatable bonds is 10. The number of morpholine rings is 2. The number of fused-ring (bicyclic) bond motifs is 2. The van der Waals surface area contributed by atoms with Crippen LogP contribution in [-0.2, 0) is 9.53 Å². The van der Waals surface area contributed by atoms with Crippen molar-refractivity contribution in [3.05, 3.63) is 65.7 Å². The molecule has 2 aromatic carbocycles. The van der Waals surface area contributed by atoms with Crippen LogP contribution in [0.4, 0.5) is 0 Å². The number of carbonyl (C=O) groups excluding carboxylic acids is 1. The molecule has 2 bridgehead atoms. The predicted octanol–water partition coefficient (Wildman–Crippen LogP) is 2.63. The molecule has 180 valence electrons. The largest absolute Gasteiger partial charge is 0.494 e. The van der Waals surface area contributed by atoms with E-state index in [9.17, 15) is 4.79 Å². The molecule has 0 radical (unpaired) electrons. The van der Waals surface area contributed by atoms with Crippen LogP contribution in [0.25, 0.3) is 0 Å². The molecule has 2 aromatic rings. The number of nitrogens with one attached hydrogen (secondary N) is 1. The molecule has 2 saturated heterocycles. The minimum atomic E-state index is 0.0829. The van der Waals surface area contributed by atoms with E-state index in [1.54, 1.807) is 12.1 Å². The highest BCUT2D eigenvalue weighted by Gasteiger charge is 2.35. The lowest BCUT2D eigenvalue weighted by atomic mass is 10.0. The quantitative estimate of drug-likeness (QED) is 0.547. The lowest BCUT2D eigenvalue weighted by Gasteiger charge is -2.45. The first-order chi connectivity index (χ1) is 16.6. The van der Waals surface area contributed by atoms with E-state index in [1.807, 2.05) is 30.3 Å². The van der Waals surface area contributed by atoms with Crippen LogP contribution in [0.5, 0.6) is 5.75 Å². The summed E-state index contributed by atoms with van der Waals surface area (Å²) < 4.78 is 11.9. The predicted molar refractivity (Wildman–Crippen MR) is 131 cm³/mol. The number of hydrogen-bond acceptors (Lipinski definition) is 6. The molecule has 7 heteroatoms. The van der Waals surface area contributed by atoms with E-state index in [4.69, 9.17) is 14.7 Å². The van der Waals surface area contributed by atoms with Gasteiger partial charge in [-0.25, -0.2) is 0 Å². The summed E-state index contributed by atoms with van der Waals surface area (Å²) in [4.78, 5) is 17.2. The van der Waals surface area contributed by atoms with Crippen LogP contribution in [-0.4, -0.2) is 80.3 Å². The van der Waals surface area contributed by atoms with Crippen LogP contribution in [0.3, 0.4) is 0 Å². The van der Waals surface area contributed by atoms with Gasteiger partial charge in [0.2, 0.25) is 5.91 Å². The molecule has 7 nitrogen and oxygen atoms in total. The van der Waals surface area contributed by atoms with E-state index >= 15 is 0 Å². The van der Waals surface area contributed by atoms with Crippen LogP contribution < -0.4 is 10.1 Å². The fraction of sp³-hybridized carbons (Fsp3) is 0.481. The summed E-state index contributed by atoms with van der Waals surface area (Å²) in [6.07, 6.45) is 1.22. The summed E-state index contributed by atoms with van der Waals surface area (Å²) in [6.45, 7) is 8.17. The molecule has 3 atom stereocenters. The minimum Gasteiger partial charge on any atom is -0.494 e. The first kappa shape index (κ1) is 24.2. The average molecular weight is 463 g/mol. The fourth-order valence-corrected chi connectivity index (χ4v) is 4.70. The van der Waals surface area contributed by atoms with Crippen molar-refractivity contribution in [3.63, 3.8) is 0 Å². The average Bonchev–Trinajstić information content (AvgIpc) is 2.85. The van der Waals surface area contributed by atoms with Gasteiger partial charge < -0.3 is 14.8 Å². The summed E-state index contributed by atoms with van der Waals surface area (Å²) in [5.74, 6) is 1.17. The normalized spacial score (nSPS) is 21.4. The Kier molecular flexibility index (Phi) is 8.53. The highest BCUT2D eigenvalue weighted by Crippen LogP contribution is 2.20. The van der Waals surface area contributed by atoms with Crippen molar-refractivity contribution in [1.29, 1.82) is 5.26 Å². The second-order valence-electron chi connectivity index (χ2n) is 9.29. The molecular formula is C27H34N4O3. The molecule has 0 spiro atoms. The second kappa shape index (κ2) is 12.0. The van der Waals surface area contributed by atoms with Crippen molar-refractivity contribution in [3.8, 4) is 11.8 Å². The Morgan fingerprint density at radius 1 is 1.09 bits per heavy atom. The summed E-state index contributed by atoms with van der Waals surface area (Å²) in [5.41, 5.74) is 1.88. The van der Waals surface area contributed by atoms with Crippen LogP contribution in [0.1, 0.15) is 30.4 Å². The zero-order chi connectivity index (χ0) is 23.8. The van der Waals surface area contributed by atoms with Gasteiger partial charge >= 0.3 is 0 Å². The third kappa shape index (κ3) is 7.04. The standard InChI is InChI=1S/C27H34N4O3/c1-21(23-6-3-2-4-7-23)15-29-27(32)20-31-18-25-16-30(17-26(19-31)34-25)12-5-13-33-24-10-8-22(14-28)9-11-24/h2-4,6-11,21,25-26H,5,12-13,15-20H2,1H3,(H,29,32). The van der Waals surface area contributed by atoms with Crippen LogP contribution >= 0.6 is 0 Å². The molecule has 2 aliphatic heterocycles. The monoisotopic (exact) mass is 462 g/mol. The van der Waals surface area contributed by atoms with E-state index in [2.05, 4.69) is 40.2 Å². The van der Waals surface area contributed by atoms with Crippen molar-refractivity contribution in [2.45, 2.75) is 31.5 Å². The Bertz CT molecular complexity index is 946. The van der Waals surface area contributed by atoms with Crippen molar-refractivity contribution < 1.29 is 14.3 Å². The molecule has 34 heavy (non-hydrogen) atoms. The van der Waals surface area contributed by atoms with Crippen LogP contribution in [0.2, 0.25) is 0 Å². The first-order valence-corrected chi connectivity index (χ1v) is 12.1. The molecule has 0 aliphatic carbocycles. The van der Waals surface area contributed by atoms with Crippen molar-refractivity contribution in [1.82, 2.24) is 15.1 Å². The van der Waals surface area contributed by atoms with Crippen molar-refractivity contribution in [2.75, 3.05) is 52.4 Å². The van der Waals surface area contributed by atoms with E-state index in [1.165, 1.54) is 5.56 Å². The van der Waals surface area contributed by atoms with Gasteiger partial charge in [0, 0.05) is 39.3 Å². The van der Waals surface area contributed by atoms with Gasteiger partial charge in [-0.1, -0.05) is 37.3 Å². The van der Waals surface area contributed by atoms with E-state index in [-0.39, 0.29) is 18.1 Å². The third-order valence-corrected chi connectivity index (χ3v) is 6.44.